The van der Waals surface area contributed by atoms with Gasteiger partial charge in [0.1, 0.15) is 0 Å². The van der Waals surface area contributed by atoms with Gasteiger partial charge in [-0.25, -0.2) is 4.79 Å². The Hall–Kier alpha value is -3.43. The van der Waals surface area contributed by atoms with Crippen LogP contribution in [0, 0.1) is 6.92 Å². The van der Waals surface area contributed by atoms with Crippen molar-refractivity contribution in [1.29, 1.82) is 0 Å². The van der Waals surface area contributed by atoms with Crippen LogP contribution in [0.25, 0.3) is 0 Å². The number of carboxylic acids is 1. The number of rotatable bonds is 7. The van der Waals surface area contributed by atoms with Crippen molar-refractivity contribution >= 4 is 17.6 Å². The van der Waals surface area contributed by atoms with Crippen LogP contribution >= 0.6 is 0 Å². The van der Waals surface area contributed by atoms with Gasteiger partial charge < -0.3 is 10.4 Å². The summed E-state index contributed by atoms with van der Waals surface area (Å²) < 4.78 is 4.91. The Balaban J connectivity index is 1.52. The third-order valence-electron chi connectivity index (χ3n) is 3.79. The first-order valence-corrected chi connectivity index (χ1v) is 7.99. The largest absolute Gasteiger partial charge is 0.476 e. The van der Waals surface area contributed by atoms with Gasteiger partial charge in [0.2, 0.25) is 5.91 Å². The minimum atomic E-state index is -1.09. The highest BCUT2D eigenvalue weighted by Gasteiger charge is 2.10. The van der Waals surface area contributed by atoms with Crippen LogP contribution in [-0.4, -0.2) is 46.3 Å². The lowest BCUT2D eigenvalue weighted by molar-refractivity contribution is -0.116. The summed E-state index contributed by atoms with van der Waals surface area (Å²) in [7, 11) is 1.87. The molecule has 10 heteroatoms. The lowest BCUT2D eigenvalue weighted by Gasteiger charge is -2.03. The van der Waals surface area contributed by atoms with Crippen molar-refractivity contribution in [1.82, 2.24) is 29.3 Å². The number of nitrogens with one attached hydrogen (secondary N) is 1. The molecule has 3 aromatic rings. The maximum atomic E-state index is 12.0. The number of aryl methyl sites for hydroxylation is 3. The lowest BCUT2D eigenvalue weighted by atomic mass is 10.3. The summed E-state index contributed by atoms with van der Waals surface area (Å²) in [6, 6.07) is 1.39. The molecular weight excluding hydrogens is 338 g/mol. The average molecular weight is 357 g/mol. The van der Waals surface area contributed by atoms with Crippen molar-refractivity contribution in [2.24, 2.45) is 7.05 Å². The Morgan fingerprint density at radius 3 is 2.69 bits per heavy atom. The minimum Gasteiger partial charge on any atom is -0.476 e. The van der Waals surface area contributed by atoms with E-state index in [1.807, 2.05) is 20.2 Å². The maximum Gasteiger partial charge on any atom is 0.356 e. The monoisotopic (exact) mass is 357 g/mol. The van der Waals surface area contributed by atoms with Crippen LogP contribution in [0.4, 0.5) is 5.69 Å². The highest BCUT2D eigenvalue weighted by atomic mass is 16.4. The van der Waals surface area contributed by atoms with Crippen LogP contribution in [0.5, 0.6) is 0 Å². The number of carboxylic acid groups (broad SMARTS) is 1. The van der Waals surface area contributed by atoms with Gasteiger partial charge in [-0.2, -0.15) is 15.3 Å². The number of anilines is 1. The summed E-state index contributed by atoms with van der Waals surface area (Å²) in [5.41, 5.74) is 2.55. The van der Waals surface area contributed by atoms with Crippen LogP contribution in [-0.2, 0) is 24.9 Å². The molecule has 2 N–H and O–H groups in total. The topological polar surface area (TPSA) is 120 Å². The summed E-state index contributed by atoms with van der Waals surface area (Å²) in [5.74, 6) is -1.29. The summed E-state index contributed by atoms with van der Waals surface area (Å²) in [5, 5.41) is 24.0. The molecule has 10 nitrogen and oxygen atoms in total. The molecule has 0 radical (unpaired) electrons. The number of nitrogens with zero attached hydrogens (tertiary/aromatic N) is 6. The molecule has 0 bridgehead atoms. The third kappa shape index (κ3) is 4.15. The molecule has 0 saturated carbocycles. The first-order chi connectivity index (χ1) is 12.4. The van der Waals surface area contributed by atoms with Gasteiger partial charge in [0, 0.05) is 44.2 Å². The second-order valence-electron chi connectivity index (χ2n) is 5.91. The quantitative estimate of drug-likeness (QED) is 0.648. The van der Waals surface area contributed by atoms with E-state index in [-0.39, 0.29) is 18.0 Å². The van der Waals surface area contributed by atoms with Crippen LogP contribution in [0.2, 0.25) is 0 Å². The molecule has 0 saturated heterocycles. The second kappa shape index (κ2) is 7.21. The highest BCUT2D eigenvalue weighted by molar-refractivity contribution is 5.90. The Morgan fingerprint density at radius 1 is 1.23 bits per heavy atom. The lowest BCUT2D eigenvalue weighted by Crippen LogP contribution is -2.14. The van der Waals surface area contributed by atoms with Crippen molar-refractivity contribution < 1.29 is 14.7 Å². The van der Waals surface area contributed by atoms with Gasteiger partial charge >= 0.3 is 5.97 Å². The van der Waals surface area contributed by atoms with Crippen molar-refractivity contribution in [2.75, 3.05) is 5.32 Å². The number of hydrogen-bond acceptors (Lipinski definition) is 5. The minimum absolute atomic E-state index is 0.0441. The Bertz CT molecular complexity index is 937. The molecule has 1 amide bonds. The van der Waals surface area contributed by atoms with Crippen LogP contribution < -0.4 is 5.32 Å². The fourth-order valence-electron chi connectivity index (χ4n) is 2.53. The molecule has 0 atom stereocenters. The van der Waals surface area contributed by atoms with Gasteiger partial charge in [-0.15, -0.1) is 0 Å². The van der Waals surface area contributed by atoms with Gasteiger partial charge in [0.05, 0.1) is 24.1 Å². The number of amides is 1. The standard InChI is InChI=1S/C16H19N7O3/c1-11-12(8-21(2)19-11)9-23-10-13(7-17-23)18-15(24)4-6-22-5-3-14(20-22)16(25)26/h3,5,7-8,10H,4,6,9H2,1-2H3,(H,18,24)(H,25,26). The number of aromatic carboxylic acids is 1. The van der Waals surface area contributed by atoms with Gasteiger partial charge in [0.15, 0.2) is 5.69 Å². The molecule has 0 spiro atoms. The Labute approximate surface area is 149 Å². The van der Waals surface area contributed by atoms with Crippen molar-refractivity contribution in [2.45, 2.75) is 26.4 Å². The number of carbonyl (C=O) groups is 2. The van der Waals surface area contributed by atoms with Crippen molar-refractivity contribution in [3.8, 4) is 0 Å². The molecule has 0 aromatic carbocycles. The Kier molecular flexibility index (Phi) is 4.83. The SMILES string of the molecule is Cc1nn(C)cc1Cn1cc(NC(=O)CCn2ccc(C(=O)O)n2)cn1. The highest BCUT2D eigenvalue weighted by Crippen LogP contribution is 2.11. The molecule has 26 heavy (non-hydrogen) atoms. The average Bonchev–Trinajstić information content (AvgIpc) is 3.27. The Morgan fingerprint density at radius 2 is 2.04 bits per heavy atom. The number of hydrogen-bond donors (Lipinski definition) is 2. The molecule has 0 unspecified atom stereocenters. The summed E-state index contributed by atoms with van der Waals surface area (Å²) >= 11 is 0. The third-order valence-corrected chi connectivity index (χ3v) is 3.79. The van der Waals surface area contributed by atoms with E-state index in [9.17, 15) is 9.59 Å². The van der Waals surface area contributed by atoms with E-state index < -0.39 is 5.97 Å². The van der Waals surface area contributed by atoms with Crippen molar-refractivity contribution in [3.05, 3.63) is 47.8 Å². The summed E-state index contributed by atoms with van der Waals surface area (Å²) in [4.78, 5) is 22.8. The fraction of sp³-hybridized carbons (Fsp3) is 0.312. The molecule has 0 aliphatic heterocycles. The smallest absolute Gasteiger partial charge is 0.356 e. The molecule has 0 fully saturated rings. The van der Waals surface area contributed by atoms with E-state index in [2.05, 4.69) is 20.6 Å². The van der Waals surface area contributed by atoms with E-state index >= 15 is 0 Å². The molecule has 136 valence electrons. The van der Waals surface area contributed by atoms with Gasteiger partial charge in [-0.1, -0.05) is 0 Å². The zero-order valence-electron chi connectivity index (χ0n) is 14.5. The zero-order chi connectivity index (χ0) is 18.7. The van der Waals surface area contributed by atoms with E-state index in [1.165, 1.54) is 16.9 Å². The number of aromatic nitrogens is 6. The maximum absolute atomic E-state index is 12.0. The number of carbonyl (C=O) groups excluding carboxylic acids is 1. The van der Waals surface area contributed by atoms with Crippen molar-refractivity contribution in [3.63, 3.8) is 0 Å². The van der Waals surface area contributed by atoms with E-state index in [0.29, 0.717) is 18.8 Å². The van der Waals surface area contributed by atoms with E-state index in [4.69, 9.17) is 5.11 Å². The predicted octanol–water partition coefficient (Wildman–Crippen LogP) is 0.897. The summed E-state index contributed by atoms with van der Waals surface area (Å²) in [6.45, 7) is 2.80. The molecule has 0 aliphatic rings. The molecule has 0 aliphatic carbocycles. The molecular formula is C16H19N7O3. The van der Waals surface area contributed by atoms with Crippen LogP contribution in [0.3, 0.4) is 0 Å². The molecule has 3 heterocycles. The first-order valence-electron chi connectivity index (χ1n) is 7.99. The van der Waals surface area contributed by atoms with Gasteiger partial charge in [-0.3, -0.25) is 18.8 Å². The second-order valence-corrected chi connectivity index (χ2v) is 5.91. The summed E-state index contributed by atoms with van der Waals surface area (Å²) in [6.07, 6.45) is 6.98. The van der Waals surface area contributed by atoms with Crippen LogP contribution in [0.15, 0.2) is 30.9 Å². The predicted molar refractivity (Wildman–Crippen MR) is 91.7 cm³/mol. The van der Waals surface area contributed by atoms with E-state index in [0.717, 1.165) is 11.3 Å². The van der Waals surface area contributed by atoms with Gasteiger partial charge in [0.25, 0.3) is 0 Å². The van der Waals surface area contributed by atoms with Crippen LogP contribution in [0.1, 0.15) is 28.2 Å². The van der Waals surface area contributed by atoms with Gasteiger partial charge in [-0.05, 0) is 13.0 Å². The first kappa shape index (κ1) is 17.4. The fourth-order valence-corrected chi connectivity index (χ4v) is 2.53. The molecule has 3 rings (SSSR count). The normalized spacial score (nSPS) is 10.8. The zero-order valence-corrected chi connectivity index (χ0v) is 14.5. The van der Waals surface area contributed by atoms with E-state index in [1.54, 1.807) is 21.8 Å². The molecule has 3 aromatic heterocycles.